The van der Waals surface area contributed by atoms with Crippen LogP contribution in [0.4, 0.5) is 0 Å². The number of carbonyl (C=O) groups is 1. The predicted molar refractivity (Wildman–Crippen MR) is 49.9 cm³/mol. The van der Waals surface area contributed by atoms with Crippen LogP contribution in [0.25, 0.3) is 0 Å². The molecular formula is C10H16O2. The summed E-state index contributed by atoms with van der Waals surface area (Å²) in [4.78, 5) is 11.1. The molecule has 0 amide bonds. The molecule has 0 bridgehead atoms. The van der Waals surface area contributed by atoms with Gasteiger partial charge < -0.3 is 5.11 Å². The molecule has 0 rings (SSSR count). The molecule has 0 unspecified atom stereocenters. The lowest BCUT2D eigenvalue weighted by Crippen LogP contribution is -2.23. The van der Waals surface area contributed by atoms with Gasteiger partial charge in [-0.25, -0.2) is 0 Å². The normalized spacial score (nSPS) is 14.7. The standard InChI is InChI=1S/C10H16O2/c1-5-10(4,12)7-9(11)6-8(2)3/h5-6,12H,1,7H2,2-4H3/t10-/m1/s1. The minimum atomic E-state index is -1.08. The maximum Gasteiger partial charge on any atom is 0.158 e. The van der Waals surface area contributed by atoms with E-state index in [-0.39, 0.29) is 12.2 Å². The quantitative estimate of drug-likeness (QED) is 0.514. The summed E-state index contributed by atoms with van der Waals surface area (Å²) in [6, 6.07) is 0. The van der Waals surface area contributed by atoms with Gasteiger partial charge in [0.05, 0.1) is 5.60 Å². The third-order valence-electron chi connectivity index (χ3n) is 1.42. The van der Waals surface area contributed by atoms with Gasteiger partial charge in [0.15, 0.2) is 5.78 Å². The molecule has 0 radical (unpaired) electrons. The van der Waals surface area contributed by atoms with Gasteiger partial charge in [0.25, 0.3) is 0 Å². The smallest absolute Gasteiger partial charge is 0.158 e. The van der Waals surface area contributed by atoms with Crippen LogP contribution in [0.5, 0.6) is 0 Å². The molecule has 1 atom stereocenters. The third kappa shape index (κ3) is 4.85. The van der Waals surface area contributed by atoms with Crippen molar-refractivity contribution in [3.63, 3.8) is 0 Å². The fraction of sp³-hybridized carbons (Fsp3) is 0.500. The van der Waals surface area contributed by atoms with Crippen molar-refractivity contribution in [2.24, 2.45) is 0 Å². The predicted octanol–water partition coefficient (Wildman–Crippen LogP) is 1.85. The van der Waals surface area contributed by atoms with Crippen LogP contribution in [0.1, 0.15) is 27.2 Å². The Morgan fingerprint density at radius 3 is 2.42 bits per heavy atom. The molecule has 0 heterocycles. The fourth-order valence-corrected chi connectivity index (χ4v) is 0.798. The minimum absolute atomic E-state index is 0.0695. The van der Waals surface area contributed by atoms with E-state index < -0.39 is 5.60 Å². The van der Waals surface area contributed by atoms with Crippen molar-refractivity contribution in [1.82, 2.24) is 0 Å². The van der Waals surface area contributed by atoms with Crippen LogP contribution in [-0.4, -0.2) is 16.5 Å². The molecule has 2 nitrogen and oxygen atoms in total. The van der Waals surface area contributed by atoms with E-state index in [1.54, 1.807) is 6.92 Å². The summed E-state index contributed by atoms with van der Waals surface area (Å²) in [5.74, 6) is -0.0695. The van der Waals surface area contributed by atoms with Crippen molar-refractivity contribution in [3.05, 3.63) is 24.3 Å². The van der Waals surface area contributed by atoms with Gasteiger partial charge in [-0.05, 0) is 26.8 Å². The van der Waals surface area contributed by atoms with Gasteiger partial charge in [0, 0.05) is 6.42 Å². The van der Waals surface area contributed by atoms with Gasteiger partial charge >= 0.3 is 0 Å². The number of ketones is 1. The highest BCUT2D eigenvalue weighted by Crippen LogP contribution is 2.11. The van der Waals surface area contributed by atoms with E-state index in [4.69, 9.17) is 0 Å². The molecule has 0 aliphatic carbocycles. The Morgan fingerprint density at radius 2 is 2.08 bits per heavy atom. The fourth-order valence-electron chi connectivity index (χ4n) is 0.798. The van der Waals surface area contributed by atoms with E-state index in [1.165, 1.54) is 12.2 Å². The maximum atomic E-state index is 11.1. The van der Waals surface area contributed by atoms with Gasteiger partial charge in [-0.2, -0.15) is 0 Å². The van der Waals surface area contributed by atoms with Crippen molar-refractivity contribution in [1.29, 1.82) is 0 Å². The molecule has 0 aromatic rings. The third-order valence-corrected chi connectivity index (χ3v) is 1.42. The van der Waals surface area contributed by atoms with Crippen molar-refractivity contribution in [2.75, 3.05) is 0 Å². The topological polar surface area (TPSA) is 37.3 Å². The lowest BCUT2D eigenvalue weighted by Gasteiger charge is -2.15. The van der Waals surface area contributed by atoms with E-state index in [0.29, 0.717) is 0 Å². The first-order valence-corrected chi connectivity index (χ1v) is 3.91. The van der Waals surface area contributed by atoms with Gasteiger partial charge in [-0.3, -0.25) is 4.79 Å². The van der Waals surface area contributed by atoms with Crippen molar-refractivity contribution < 1.29 is 9.90 Å². The lowest BCUT2D eigenvalue weighted by atomic mass is 9.99. The average Bonchev–Trinajstić information content (AvgIpc) is 1.84. The first kappa shape index (κ1) is 11.1. The second kappa shape index (κ2) is 4.21. The largest absolute Gasteiger partial charge is 0.386 e. The molecule has 68 valence electrons. The van der Waals surface area contributed by atoms with Crippen molar-refractivity contribution >= 4 is 5.78 Å². The number of rotatable bonds is 4. The van der Waals surface area contributed by atoms with Gasteiger partial charge in [0.1, 0.15) is 0 Å². The van der Waals surface area contributed by atoms with Crippen LogP contribution in [0.2, 0.25) is 0 Å². The van der Waals surface area contributed by atoms with Gasteiger partial charge in [0.2, 0.25) is 0 Å². The summed E-state index contributed by atoms with van der Waals surface area (Å²) in [5.41, 5.74) is -0.136. The maximum absolute atomic E-state index is 11.1. The summed E-state index contributed by atoms with van der Waals surface area (Å²) in [6.45, 7) is 8.70. The molecule has 0 aliphatic rings. The Morgan fingerprint density at radius 1 is 1.58 bits per heavy atom. The Labute approximate surface area is 73.6 Å². The molecule has 0 saturated carbocycles. The molecule has 2 heteroatoms. The second-order valence-corrected chi connectivity index (χ2v) is 3.43. The Hall–Kier alpha value is -0.890. The number of aliphatic hydroxyl groups is 1. The number of hydrogen-bond acceptors (Lipinski definition) is 2. The molecule has 0 spiro atoms. The molecule has 0 saturated heterocycles. The van der Waals surface area contributed by atoms with E-state index >= 15 is 0 Å². The second-order valence-electron chi connectivity index (χ2n) is 3.43. The minimum Gasteiger partial charge on any atom is -0.386 e. The summed E-state index contributed by atoms with van der Waals surface area (Å²) < 4.78 is 0. The first-order valence-electron chi connectivity index (χ1n) is 3.91. The molecule has 0 aliphatic heterocycles. The zero-order valence-corrected chi connectivity index (χ0v) is 7.92. The highest BCUT2D eigenvalue weighted by molar-refractivity contribution is 5.91. The number of carbonyl (C=O) groups excluding carboxylic acids is 1. The van der Waals surface area contributed by atoms with E-state index in [1.807, 2.05) is 13.8 Å². The van der Waals surface area contributed by atoms with E-state index in [2.05, 4.69) is 6.58 Å². The monoisotopic (exact) mass is 168 g/mol. The van der Waals surface area contributed by atoms with Crippen LogP contribution in [0.15, 0.2) is 24.3 Å². The number of hydrogen-bond donors (Lipinski definition) is 1. The van der Waals surface area contributed by atoms with Crippen LogP contribution < -0.4 is 0 Å². The van der Waals surface area contributed by atoms with E-state index in [9.17, 15) is 9.90 Å². The molecule has 0 aromatic carbocycles. The average molecular weight is 168 g/mol. The zero-order chi connectivity index (χ0) is 9.78. The molecule has 12 heavy (non-hydrogen) atoms. The number of allylic oxidation sites excluding steroid dienone is 2. The van der Waals surface area contributed by atoms with Gasteiger partial charge in [-0.1, -0.05) is 11.6 Å². The summed E-state index contributed by atoms with van der Waals surface area (Å²) in [7, 11) is 0. The lowest BCUT2D eigenvalue weighted by molar-refractivity contribution is -0.117. The van der Waals surface area contributed by atoms with Crippen LogP contribution in [0.3, 0.4) is 0 Å². The highest BCUT2D eigenvalue weighted by Gasteiger charge is 2.18. The first-order chi connectivity index (χ1) is 5.37. The van der Waals surface area contributed by atoms with Crippen molar-refractivity contribution in [3.8, 4) is 0 Å². The Bertz CT molecular complexity index is 208. The molecular weight excluding hydrogens is 152 g/mol. The summed E-state index contributed by atoms with van der Waals surface area (Å²) in [5, 5.41) is 9.44. The zero-order valence-electron chi connectivity index (χ0n) is 7.92. The summed E-state index contributed by atoms with van der Waals surface area (Å²) >= 11 is 0. The molecule has 0 fully saturated rings. The van der Waals surface area contributed by atoms with Crippen LogP contribution >= 0.6 is 0 Å². The summed E-state index contributed by atoms with van der Waals surface area (Å²) in [6.07, 6.45) is 3.00. The van der Waals surface area contributed by atoms with Crippen LogP contribution in [-0.2, 0) is 4.79 Å². The van der Waals surface area contributed by atoms with E-state index in [0.717, 1.165) is 5.57 Å². The SMILES string of the molecule is C=C[C@@](C)(O)CC(=O)C=C(C)C. The molecule has 0 aromatic heterocycles. The highest BCUT2D eigenvalue weighted by atomic mass is 16.3. The van der Waals surface area contributed by atoms with Crippen LogP contribution in [0, 0.1) is 0 Å². The molecule has 1 N–H and O–H groups in total. The Kier molecular flexibility index (Phi) is 3.90. The van der Waals surface area contributed by atoms with Gasteiger partial charge in [-0.15, -0.1) is 6.58 Å². The Balaban J connectivity index is 4.19. The van der Waals surface area contributed by atoms with Crippen molar-refractivity contribution in [2.45, 2.75) is 32.8 Å².